The second-order valence-electron chi connectivity index (χ2n) is 4.64. The number of aliphatic hydroxyl groups excluding tert-OH is 1. The molecule has 0 spiro atoms. The molecular formula is C14H13F3N2O2. The molecular weight excluding hydrogens is 285 g/mol. The average Bonchev–Trinajstić information content (AvgIpc) is 3.25. The van der Waals surface area contributed by atoms with Gasteiger partial charge in [0, 0.05) is 12.2 Å². The normalized spacial score (nSPS) is 14.3. The first-order chi connectivity index (χ1) is 9.92. The van der Waals surface area contributed by atoms with Gasteiger partial charge in [-0.1, -0.05) is 11.8 Å². The minimum atomic E-state index is -4.45. The molecule has 0 saturated heterocycles. The number of pyridine rings is 1. The van der Waals surface area contributed by atoms with Gasteiger partial charge in [0.1, 0.15) is 18.8 Å². The summed E-state index contributed by atoms with van der Waals surface area (Å²) < 4.78 is 37.8. The number of nitrogens with zero attached hydrogens (tertiary/aromatic N) is 2. The molecule has 21 heavy (non-hydrogen) atoms. The molecule has 0 atom stereocenters. The number of amides is 1. The van der Waals surface area contributed by atoms with Gasteiger partial charge in [-0.15, -0.1) is 0 Å². The highest BCUT2D eigenvalue weighted by Crippen LogP contribution is 2.31. The number of hydrogen-bond donors (Lipinski definition) is 1. The van der Waals surface area contributed by atoms with Crippen molar-refractivity contribution in [1.82, 2.24) is 9.88 Å². The summed E-state index contributed by atoms with van der Waals surface area (Å²) in [4.78, 5) is 17.0. The Morgan fingerprint density at radius 2 is 2.19 bits per heavy atom. The van der Waals surface area contributed by atoms with Gasteiger partial charge in [0.2, 0.25) is 0 Å². The Labute approximate surface area is 119 Å². The maximum absolute atomic E-state index is 12.6. The van der Waals surface area contributed by atoms with Crippen LogP contribution < -0.4 is 0 Å². The fraction of sp³-hybridized carbons (Fsp3) is 0.429. The molecule has 2 rings (SSSR count). The molecule has 4 nitrogen and oxygen atoms in total. The van der Waals surface area contributed by atoms with Crippen molar-refractivity contribution in [3.63, 3.8) is 0 Å². The van der Waals surface area contributed by atoms with Crippen molar-refractivity contribution in [2.24, 2.45) is 0 Å². The third-order valence-electron chi connectivity index (χ3n) is 2.91. The molecule has 0 radical (unpaired) electrons. The Hall–Kier alpha value is -2.07. The van der Waals surface area contributed by atoms with Gasteiger partial charge in [-0.3, -0.25) is 4.79 Å². The Morgan fingerprint density at radius 3 is 2.76 bits per heavy atom. The topological polar surface area (TPSA) is 53.4 Å². The van der Waals surface area contributed by atoms with E-state index in [1.165, 1.54) is 18.3 Å². The summed E-state index contributed by atoms with van der Waals surface area (Å²) in [6.07, 6.45) is -2.00. The molecule has 0 unspecified atom stereocenters. The fourth-order valence-corrected chi connectivity index (χ4v) is 1.89. The van der Waals surface area contributed by atoms with Crippen molar-refractivity contribution in [3.05, 3.63) is 29.6 Å². The van der Waals surface area contributed by atoms with E-state index in [0.29, 0.717) is 12.8 Å². The minimum absolute atomic E-state index is 0.116. The summed E-state index contributed by atoms with van der Waals surface area (Å²) in [7, 11) is 0. The van der Waals surface area contributed by atoms with Crippen LogP contribution in [0.1, 0.15) is 28.9 Å². The van der Waals surface area contributed by atoms with E-state index in [0.717, 1.165) is 4.90 Å². The van der Waals surface area contributed by atoms with Crippen LogP contribution in [0.25, 0.3) is 0 Å². The van der Waals surface area contributed by atoms with Crippen molar-refractivity contribution >= 4 is 5.91 Å². The Balaban J connectivity index is 2.29. The maximum atomic E-state index is 12.6. The largest absolute Gasteiger partial charge is 0.406 e. The lowest BCUT2D eigenvalue weighted by Gasteiger charge is -2.23. The smallest absolute Gasteiger partial charge is 0.384 e. The summed E-state index contributed by atoms with van der Waals surface area (Å²) in [5.41, 5.74) is 0.0963. The molecule has 7 heteroatoms. The monoisotopic (exact) mass is 298 g/mol. The number of hydrogen-bond acceptors (Lipinski definition) is 3. The second-order valence-corrected chi connectivity index (χ2v) is 4.64. The Kier molecular flexibility index (Phi) is 4.48. The van der Waals surface area contributed by atoms with Crippen molar-refractivity contribution < 1.29 is 23.1 Å². The molecule has 1 aliphatic carbocycles. The van der Waals surface area contributed by atoms with Crippen LogP contribution in [0.2, 0.25) is 0 Å². The molecule has 1 aromatic rings. The SMILES string of the molecule is O=C(c1ncccc1C#CCO)N(CC(F)(F)F)C1CC1. The van der Waals surface area contributed by atoms with E-state index in [-0.39, 0.29) is 17.3 Å². The van der Waals surface area contributed by atoms with Crippen molar-refractivity contribution in [1.29, 1.82) is 0 Å². The van der Waals surface area contributed by atoms with Gasteiger partial charge < -0.3 is 10.0 Å². The van der Waals surface area contributed by atoms with Crippen LogP contribution in [-0.4, -0.2) is 46.3 Å². The van der Waals surface area contributed by atoms with Crippen molar-refractivity contribution in [3.8, 4) is 11.8 Å². The Bertz CT molecular complexity index is 586. The van der Waals surface area contributed by atoms with Crippen LogP contribution in [0.3, 0.4) is 0 Å². The zero-order valence-electron chi connectivity index (χ0n) is 11.0. The quantitative estimate of drug-likeness (QED) is 0.862. The first-order valence-corrected chi connectivity index (χ1v) is 6.35. The standard InChI is InChI=1S/C14H13F3N2O2/c15-14(16,17)9-19(11-5-6-11)13(21)12-10(4-2-8-20)3-1-7-18-12/h1,3,7,11,20H,5-6,8-9H2. The third-order valence-corrected chi connectivity index (χ3v) is 2.91. The van der Waals surface area contributed by atoms with Crippen LogP contribution in [0.5, 0.6) is 0 Å². The highest BCUT2D eigenvalue weighted by molar-refractivity contribution is 5.95. The minimum Gasteiger partial charge on any atom is -0.384 e. The molecule has 0 aliphatic heterocycles. The summed E-state index contributed by atoms with van der Waals surface area (Å²) >= 11 is 0. The number of carbonyl (C=O) groups is 1. The van der Waals surface area contributed by atoms with Crippen LogP contribution >= 0.6 is 0 Å². The average molecular weight is 298 g/mol. The van der Waals surface area contributed by atoms with Gasteiger partial charge in [0.15, 0.2) is 0 Å². The molecule has 1 fully saturated rings. The van der Waals surface area contributed by atoms with Gasteiger partial charge >= 0.3 is 6.18 Å². The zero-order valence-corrected chi connectivity index (χ0v) is 11.0. The van der Waals surface area contributed by atoms with Gasteiger partial charge in [-0.25, -0.2) is 4.98 Å². The lowest BCUT2D eigenvalue weighted by atomic mass is 10.1. The van der Waals surface area contributed by atoms with E-state index in [9.17, 15) is 18.0 Å². The van der Waals surface area contributed by atoms with E-state index < -0.39 is 25.2 Å². The fourth-order valence-electron chi connectivity index (χ4n) is 1.89. The number of rotatable bonds is 3. The second kappa shape index (κ2) is 6.14. The van der Waals surface area contributed by atoms with E-state index in [2.05, 4.69) is 16.8 Å². The summed E-state index contributed by atoms with van der Waals surface area (Å²) in [6.45, 7) is -1.70. The zero-order chi connectivity index (χ0) is 15.5. The summed E-state index contributed by atoms with van der Waals surface area (Å²) in [5, 5.41) is 8.68. The number of aliphatic hydroxyl groups is 1. The number of alkyl halides is 3. The van der Waals surface area contributed by atoms with E-state index >= 15 is 0 Å². The third kappa shape index (κ3) is 4.20. The molecule has 1 N–H and O–H groups in total. The molecule has 1 aliphatic rings. The highest BCUT2D eigenvalue weighted by atomic mass is 19.4. The summed E-state index contributed by atoms with van der Waals surface area (Å²) in [6, 6.07) is 2.63. The predicted octanol–water partition coefficient (Wildman–Crippen LogP) is 1.59. The van der Waals surface area contributed by atoms with Crippen molar-refractivity contribution in [2.45, 2.75) is 25.1 Å². The number of aromatic nitrogens is 1. The molecule has 0 aromatic carbocycles. The highest BCUT2D eigenvalue weighted by Gasteiger charge is 2.41. The van der Waals surface area contributed by atoms with Crippen molar-refractivity contribution in [2.75, 3.05) is 13.2 Å². The van der Waals surface area contributed by atoms with Crippen LogP contribution in [0.15, 0.2) is 18.3 Å². The lowest BCUT2D eigenvalue weighted by molar-refractivity contribution is -0.141. The molecule has 1 heterocycles. The summed E-state index contributed by atoms with van der Waals surface area (Å²) in [5.74, 6) is 4.11. The predicted molar refractivity (Wildman–Crippen MR) is 68.3 cm³/mol. The van der Waals surface area contributed by atoms with Gasteiger partial charge in [0.05, 0.1) is 5.56 Å². The Morgan fingerprint density at radius 1 is 1.48 bits per heavy atom. The number of halogens is 3. The molecule has 1 saturated carbocycles. The van der Waals surface area contributed by atoms with Gasteiger partial charge in [-0.05, 0) is 25.0 Å². The van der Waals surface area contributed by atoms with Crippen LogP contribution in [0, 0.1) is 11.8 Å². The van der Waals surface area contributed by atoms with Gasteiger partial charge in [-0.2, -0.15) is 13.2 Å². The first kappa shape index (κ1) is 15.3. The maximum Gasteiger partial charge on any atom is 0.406 e. The van der Waals surface area contributed by atoms with E-state index in [1.807, 2.05) is 0 Å². The van der Waals surface area contributed by atoms with E-state index in [4.69, 9.17) is 5.11 Å². The molecule has 112 valence electrons. The van der Waals surface area contributed by atoms with Gasteiger partial charge in [0.25, 0.3) is 5.91 Å². The lowest BCUT2D eigenvalue weighted by Crippen LogP contribution is -2.41. The van der Waals surface area contributed by atoms with E-state index in [1.54, 1.807) is 0 Å². The first-order valence-electron chi connectivity index (χ1n) is 6.35. The van der Waals surface area contributed by atoms with Crippen LogP contribution in [0.4, 0.5) is 13.2 Å². The molecule has 1 aromatic heterocycles. The molecule has 0 bridgehead atoms. The molecule has 1 amide bonds. The number of carbonyl (C=O) groups excluding carboxylic acids is 1. The van der Waals surface area contributed by atoms with Crippen LogP contribution in [-0.2, 0) is 0 Å².